The lowest BCUT2D eigenvalue weighted by Crippen LogP contribution is -1.90. The van der Waals surface area contributed by atoms with Gasteiger partial charge >= 0.3 is 0 Å². The van der Waals surface area contributed by atoms with Gasteiger partial charge in [0.15, 0.2) is 0 Å². The van der Waals surface area contributed by atoms with Gasteiger partial charge in [-0.25, -0.2) is 0 Å². The topological polar surface area (TPSA) is 23.8 Å². The molecule has 0 aliphatic rings. The Balaban J connectivity index is 2.89. The third-order valence-electron chi connectivity index (χ3n) is 2.05. The van der Waals surface area contributed by atoms with E-state index < -0.39 is 0 Å². The van der Waals surface area contributed by atoms with Crippen molar-refractivity contribution >= 4 is 11.6 Å². The van der Waals surface area contributed by atoms with Crippen molar-refractivity contribution in [1.29, 1.82) is 5.26 Å². The molecule has 0 radical (unpaired) electrons. The lowest BCUT2D eigenvalue weighted by molar-refractivity contribution is 1.000. The van der Waals surface area contributed by atoms with E-state index in [4.69, 9.17) is 16.9 Å². The van der Waals surface area contributed by atoms with E-state index in [1.54, 1.807) is 0 Å². The summed E-state index contributed by atoms with van der Waals surface area (Å²) in [5.41, 5.74) is 2.25. The minimum Gasteiger partial charge on any atom is -0.198 e. The number of aryl methyl sites for hydroxylation is 2. The normalized spacial score (nSPS) is 9.62. The lowest BCUT2D eigenvalue weighted by atomic mass is 10.1. The first-order valence-corrected chi connectivity index (χ1v) is 4.80. The monoisotopic (exact) mass is 193 g/mol. The second-order valence-electron chi connectivity index (χ2n) is 2.90. The van der Waals surface area contributed by atoms with Gasteiger partial charge in [-0.1, -0.05) is 36.7 Å². The second-order valence-corrected chi connectivity index (χ2v) is 3.28. The summed E-state index contributed by atoms with van der Waals surface area (Å²) in [6.07, 6.45) is 2.23. The first kappa shape index (κ1) is 10.1. The quantitative estimate of drug-likeness (QED) is 0.722. The highest BCUT2D eigenvalue weighted by atomic mass is 35.5. The molecule has 0 aliphatic carbocycles. The number of hydrogen-bond donors (Lipinski definition) is 0. The highest BCUT2D eigenvalue weighted by molar-refractivity contribution is 6.32. The Morgan fingerprint density at radius 3 is 2.69 bits per heavy atom. The predicted octanol–water partition coefficient (Wildman–Crippen LogP) is 3.36. The highest BCUT2D eigenvalue weighted by Crippen LogP contribution is 2.22. The van der Waals surface area contributed by atoms with Gasteiger partial charge in [-0.3, -0.25) is 0 Å². The van der Waals surface area contributed by atoms with E-state index >= 15 is 0 Å². The number of benzene rings is 1. The molecule has 0 fully saturated rings. The predicted molar refractivity (Wildman–Crippen MR) is 54.8 cm³/mol. The van der Waals surface area contributed by atoms with Gasteiger partial charge in [-0.15, -0.1) is 0 Å². The van der Waals surface area contributed by atoms with Crippen LogP contribution in [0, 0.1) is 11.3 Å². The fourth-order valence-electron chi connectivity index (χ4n) is 1.29. The van der Waals surface area contributed by atoms with Gasteiger partial charge in [-0.05, 0) is 24.0 Å². The summed E-state index contributed by atoms with van der Waals surface area (Å²) in [6.45, 7) is 2.08. The van der Waals surface area contributed by atoms with Crippen molar-refractivity contribution in [3.05, 3.63) is 34.3 Å². The maximum atomic E-state index is 8.45. The number of halogens is 1. The standard InChI is InChI=1S/C11H12ClN/c1-2-9-5-3-6-10(11(9)12)7-4-8-13/h3,5-6H,2,4,7H2,1H3. The van der Waals surface area contributed by atoms with Crippen LogP contribution in [0.25, 0.3) is 0 Å². The van der Waals surface area contributed by atoms with Crippen molar-refractivity contribution < 1.29 is 0 Å². The van der Waals surface area contributed by atoms with Crippen LogP contribution in [0.15, 0.2) is 18.2 Å². The van der Waals surface area contributed by atoms with Crippen molar-refractivity contribution in [2.75, 3.05) is 0 Å². The molecule has 0 unspecified atom stereocenters. The average molecular weight is 194 g/mol. The van der Waals surface area contributed by atoms with Crippen LogP contribution < -0.4 is 0 Å². The van der Waals surface area contributed by atoms with Crippen LogP contribution in [0.4, 0.5) is 0 Å². The molecule has 0 spiro atoms. The summed E-state index contributed by atoms with van der Waals surface area (Å²) in [5.74, 6) is 0. The van der Waals surface area contributed by atoms with Gasteiger partial charge in [0, 0.05) is 11.4 Å². The largest absolute Gasteiger partial charge is 0.198 e. The third-order valence-corrected chi connectivity index (χ3v) is 2.53. The summed E-state index contributed by atoms with van der Waals surface area (Å²) < 4.78 is 0. The van der Waals surface area contributed by atoms with Gasteiger partial charge < -0.3 is 0 Å². The molecule has 0 saturated heterocycles. The number of nitrogens with zero attached hydrogens (tertiary/aromatic N) is 1. The molecule has 1 rings (SSSR count). The Bertz CT molecular complexity index is 325. The Kier molecular flexibility index (Phi) is 3.79. The van der Waals surface area contributed by atoms with E-state index in [1.165, 1.54) is 0 Å². The summed E-state index contributed by atoms with van der Waals surface area (Å²) in [7, 11) is 0. The summed E-state index contributed by atoms with van der Waals surface area (Å²) in [6, 6.07) is 8.13. The van der Waals surface area contributed by atoms with Crippen LogP contribution in [0.5, 0.6) is 0 Å². The number of rotatable bonds is 3. The molecule has 1 nitrogen and oxygen atoms in total. The van der Waals surface area contributed by atoms with Crippen molar-refractivity contribution in [1.82, 2.24) is 0 Å². The zero-order valence-electron chi connectivity index (χ0n) is 7.68. The third kappa shape index (κ3) is 2.47. The SMILES string of the molecule is CCc1cccc(CCC#N)c1Cl. The maximum absolute atomic E-state index is 8.45. The van der Waals surface area contributed by atoms with Crippen LogP contribution >= 0.6 is 11.6 Å². The molecule has 0 amide bonds. The zero-order valence-corrected chi connectivity index (χ0v) is 8.43. The Hall–Kier alpha value is -1.00. The molecule has 2 heteroatoms. The van der Waals surface area contributed by atoms with E-state index in [-0.39, 0.29) is 0 Å². The van der Waals surface area contributed by atoms with Gasteiger partial charge in [0.25, 0.3) is 0 Å². The molecule has 0 atom stereocenters. The maximum Gasteiger partial charge on any atom is 0.0625 e. The van der Waals surface area contributed by atoms with Crippen molar-refractivity contribution in [2.24, 2.45) is 0 Å². The van der Waals surface area contributed by atoms with E-state index in [0.717, 1.165) is 29.0 Å². The molecule has 1 aromatic carbocycles. The Morgan fingerprint density at radius 2 is 2.08 bits per heavy atom. The van der Waals surface area contributed by atoms with Gasteiger partial charge in [0.2, 0.25) is 0 Å². The fourth-order valence-corrected chi connectivity index (χ4v) is 1.64. The molecule has 0 N–H and O–H groups in total. The zero-order chi connectivity index (χ0) is 9.68. The van der Waals surface area contributed by atoms with Gasteiger partial charge in [0.1, 0.15) is 0 Å². The van der Waals surface area contributed by atoms with Crippen molar-refractivity contribution in [2.45, 2.75) is 26.2 Å². The smallest absolute Gasteiger partial charge is 0.0625 e. The molecule has 0 aromatic heterocycles. The van der Waals surface area contributed by atoms with Gasteiger partial charge in [0.05, 0.1) is 6.07 Å². The highest BCUT2D eigenvalue weighted by Gasteiger charge is 2.03. The molecule has 0 bridgehead atoms. The summed E-state index contributed by atoms with van der Waals surface area (Å²) >= 11 is 6.14. The van der Waals surface area contributed by atoms with Crippen molar-refractivity contribution in [3.8, 4) is 6.07 Å². The molecule has 0 aliphatic heterocycles. The Morgan fingerprint density at radius 1 is 1.38 bits per heavy atom. The van der Waals surface area contributed by atoms with Crippen molar-refractivity contribution in [3.63, 3.8) is 0 Å². The molecule has 13 heavy (non-hydrogen) atoms. The fraction of sp³-hybridized carbons (Fsp3) is 0.364. The molecule has 0 heterocycles. The van der Waals surface area contributed by atoms with Crippen LogP contribution in [0.3, 0.4) is 0 Å². The van der Waals surface area contributed by atoms with Crippen LogP contribution in [-0.2, 0) is 12.8 Å². The molecular formula is C11H12ClN. The van der Waals surface area contributed by atoms with E-state index in [2.05, 4.69) is 13.0 Å². The second kappa shape index (κ2) is 4.89. The number of nitriles is 1. The first-order valence-electron chi connectivity index (χ1n) is 4.42. The summed E-state index contributed by atoms with van der Waals surface area (Å²) in [5, 5.41) is 9.29. The molecular weight excluding hydrogens is 182 g/mol. The lowest BCUT2D eigenvalue weighted by Gasteiger charge is -2.05. The van der Waals surface area contributed by atoms with E-state index in [0.29, 0.717) is 6.42 Å². The molecule has 1 aromatic rings. The minimum absolute atomic E-state index is 0.535. The van der Waals surface area contributed by atoms with Gasteiger partial charge in [-0.2, -0.15) is 5.26 Å². The average Bonchev–Trinajstić information content (AvgIpc) is 2.16. The van der Waals surface area contributed by atoms with Crippen LogP contribution in [0.2, 0.25) is 5.02 Å². The first-order chi connectivity index (χ1) is 6.29. The van der Waals surface area contributed by atoms with E-state index in [9.17, 15) is 0 Å². The number of hydrogen-bond acceptors (Lipinski definition) is 1. The van der Waals surface area contributed by atoms with Crippen LogP contribution in [0.1, 0.15) is 24.5 Å². The van der Waals surface area contributed by atoms with E-state index in [1.807, 2.05) is 18.2 Å². The van der Waals surface area contributed by atoms with Crippen LogP contribution in [-0.4, -0.2) is 0 Å². The Labute approximate surface area is 84.0 Å². The summed E-state index contributed by atoms with van der Waals surface area (Å²) in [4.78, 5) is 0. The molecule has 0 saturated carbocycles. The molecule has 68 valence electrons. The minimum atomic E-state index is 0.535.